The number of nitrogens with one attached hydrogen (secondary N) is 9. The molecular formula is C63H114N9O27P. The standard InChI is InChI=1S/C63H114N9O27P/c1-38(76)68-50-56(86)53(83)43(35-73)97-61(50)93-31-18-6-10-24-46(79)64-27-16-13-21-41(59(89)67-29-15-5-9-23-48(81)66-30-34-96-100(4,91)92)72-60(90)42(71-49(82)26-12-8-20-33-95-63-52(70-40(3)78)58(88)55(85)45(37-75)99-63)22-14-17-28-65-47(80)25-11-7-19-32-94-62-51(69-39(2)77)57(87)54(84)44(36-74)98-62/h41-45,50-58,61-63,73-75,83-88H,5-37H2,1-4H3,(H,64,79)(H,65,80)(H,66,81)(H,67,89)(H,68,76)(H,69,77)(H,70,78)(H,71,82)(H,72,90)(H,91,92)/t41?,42?,43?,44?,45?,50-,51-,52-,53-,54-,55-,56?,57?,58?,61+,62+,63+/m0/s1. The van der Waals surface area contributed by atoms with E-state index < -0.39 is 167 Å². The maximum absolute atomic E-state index is 14.3. The Labute approximate surface area is 583 Å². The van der Waals surface area contributed by atoms with Crippen LogP contribution in [0, 0.1) is 0 Å². The summed E-state index contributed by atoms with van der Waals surface area (Å²) in [5.74, 6) is -3.94. The van der Waals surface area contributed by atoms with Gasteiger partial charge >= 0.3 is 7.60 Å². The molecule has 18 atom stereocenters. The van der Waals surface area contributed by atoms with Crippen LogP contribution in [0.25, 0.3) is 0 Å². The summed E-state index contributed by atoms with van der Waals surface area (Å²) in [4.78, 5) is 125. The predicted molar refractivity (Wildman–Crippen MR) is 353 cm³/mol. The van der Waals surface area contributed by atoms with E-state index in [1.165, 1.54) is 20.8 Å². The van der Waals surface area contributed by atoms with E-state index in [4.69, 9.17) is 32.9 Å². The Balaban J connectivity index is 1.62. The zero-order chi connectivity index (χ0) is 74.2. The van der Waals surface area contributed by atoms with Gasteiger partial charge in [-0.1, -0.05) is 25.7 Å². The molecule has 0 radical (unpaired) electrons. The highest BCUT2D eigenvalue weighted by molar-refractivity contribution is 7.51. The van der Waals surface area contributed by atoms with E-state index in [-0.39, 0.29) is 109 Å². The number of ether oxygens (including phenoxy) is 6. The molecule has 3 heterocycles. The van der Waals surface area contributed by atoms with Gasteiger partial charge in [0.15, 0.2) is 18.9 Å². The molecule has 0 aromatic heterocycles. The number of hydrogen-bond donors (Lipinski definition) is 19. The zero-order valence-corrected chi connectivity index (χ0v) is 58.9. The predicted octanol–water partition coefficient (Wildman–Crippen LogP) is -4.28. The van der Waals surface area contributed by atoms with Crippen LogP contribution in [0.4, 0.5) is 0 Å². The molecule has 37 heteroatoms. The van der Waals surface area contributed by atoms with Gasteiger partial charge < -0.3 is 132 Å². The first-order valence-electron chi connectivity index (χ1n) is 34.8. The van der Waals surface area contributed by atoms with Crippen LogP contribution in [0.5, 0.6) is 0 Å². The summed E-state index contributed by atoms with van der Waals surface area (Å²) in [6, 6.07) is -5.56. The van der Waals surface area contributed by atoms with E-state index in [2.05, 4.69) is 47.9 Å². The summed E-state index contributed by atoms with van der Waals surface area (Å²) in [5.41, 5.74) is 0. The summed E-state index contributed by atoms with van der Waals surface area (Å²) in [6.45, 7) is 3.71. The number of hydrogen-bond acceptors (Lipinski definition) is 26. The number of carbonyl (C=O) groups is 9. The molecular weight excluding hydrogens is 1350 g/mol. The molecule has 9 amide bonds. The van der Waals surface area contributed by atoms with Gasteiger partial charge in [0.2, 0.25) is 53.2 Å². The molecule has 100 heavy (non-hydrogen) atoms. The second kappa shape index (κ2) is 49.4. The van der Waals surface area contributed by atoms with Gasteiger partial charge in [0.1, 0.15) is 85.1 Å². The maximum Gasteiger partial charge on any atom is 0.325 e. The Hall–Kier alpha value is -5.22. The van der Waals surface area contributed by atoms with Crippen molar-refractivity contribution in [1.29, 1.82) is 0 Å². The second-order valence-corrected chi connectivity index (χ2v) is 27.2. The first kappa shape index (κ1) is 89.0. The SMILES string of the molecule is CC(=O)N[C@H]1C(O)[C@@H](O)C(CO)O[C@H]1OCCCCCC(=O)NCCCCC(NC(=O)CCCCCO[C@@H]1OC(CO)[C@H](O)C(O)[C@@H]1NC(C)=O)C(=O)NC(CCCCNC(=O)CCCCCO[C@@H]1OC(CO)[C@H](O)C(O)[C@@H]1NC(C)=O)C(=O)NCCCCCC(=O)NCCOP(C)(=O)O. The number of aliphatic hydroxyl groups is 9. The van der Waals surface area contributed by atoms with Crippen LogP contribution < -0.4 is 47.9 Å². The van der Waals surface area contributed by atoms with Crippen molar-refractivity contribution in [2.24, 2.45) is 0 Å². The maximum atomic E-state index is 14.3. The van der Waals surface area contributed by atoms with Crippen LogP contribution in [0.15, 0.2) is 0 Å². The van der Waals surface area contributed by atoms with Crippen LogP contribution in [-0.2, 0) is 80.7 Å². The number of amides is 9. The summed E-state index contributed by atoms with van der Waals surface area (Å²) in [5, 5.41) is 116. The van der Waals surface area contributed by atoms with Gasteiger partial charge in [-0.25, -0.2) is 0 Å². The van der Waals surface area contributed by atoms with Gasteiger partial charge in [-0.05, 0) is 89.9 Å². The Morgan fingerprint density at radius 2 is 0.710 bits per heavy atom. The zero-order valence-electron chi connectivity index (χ0n) is 58.0. The lowest BCUT2D eigenvalue weighted by molar-refractivity contribution is -0.270. The van der Waals surface area contributed by atoms with E-state index in [1.807, 2.05) is 0 Å². The third-order valence-corrected chi connectivity index (χ3v) is 17.3. The lowest BCUT2D eigenvalue weighted by atomic mass is 9.97. The number of unbranched alkanes of at least 4 members (excludes halogenated alkanes) is 10. The van der Waals surface area contributed by atoms with E-state index in [1.54, 1.807) is 0 Å². The fourth-order valence-corrected chi connectivity index (χ4v) is 11.6. The second-order valence-electron chi connectivity index (χ2n) is 25.3. The van der Waals surface area contributed by atoms with Crippen molar-refractivity contribution in [3.05, 3.63) is 0 Å². The summed E-state index contributed by atoms with van der Waals surface area (Å²) in [7, 11) is -3.69. The molecule has 3 rings (SSSR count). The third-order valence-electron chi connectivity index (χ3n) is 16.6. The summed E-state index contributed by atoms with van der Waals surface area (Å²) < 4.78 is 50.2. The Kier molecular flexibility index (Phi) is 44.0. The largest absolute Gasteiger partial charge is 0.394 e. The van der Waals surface area contributed by atoms with Crippen molar-refractivity contribution < 1.29 is 132 Å². The van der Waals surface area contributed by atoms with Gasteiger partial charge in [-0.3, -0.25) is 47.7 Å². The van der Waals surface area contributed by atoms with Crippen LogP contribution in [0.2, 0.25) is 0 Å². The molecule has 578 valence electrons. The lowest BCUT2D eigenvalue weighted by Gasteiger charge is -2.42. The van der Waals surface area contributed by atoms with Crippen LogP contribution in [-0.4, -0.2) is 287 Å². The van der Waals surface area contributed by atoms with E-state index in [0.29, 0.717) is 103 Å². The van der Waals surface area contributed by atoms with Crippen molar-refractivity contribution in [1.82, 2.24) is 47.9 Å². The van der Waals surface area contributed by atoms with Crippen molar-refractivity contribution in [2.75, 3.05) is 79.1 Å². The Morgan fingerprint density at radius 1 is 0.390 bits per heavy atom. The van der Waals surface area contributed by atoms with Gasteiger partial charge in [0.25, 0.3) is 0 Å². The van der Waals surface area contributed by atoms with Crippen molar-refractivity contribution in [3.63, 3.8) is 0 Å². The van der Waals surface area contributed by atoms with Gasteiger partial charge in [0.05, 0.1) is 26.4 Å². The van der Waals surface area contributed by atoms with E-state index in [9.17, 15) is 98.6 Å². The van der Waals surface area contributed by atoms with E-state index in [0.717, 1.165) is 6.66 Å². The normalized spacial score (nSPS) is 26.4. The van der Waals surface area contributed by atoms with Crippen LogP contribution >= 0.6 is 7.60 Å². The first-order chi connectivity index (χ1) is 47.6. The minimum absolute atomic E-state index is 0.0326. The minimum Gasteiger partial charge on any atom is -0.394 e. The quantitative estimate of drug-likeness (QED) is 0.0202. The van der Waals surface area contributed by atoms with Gasteiger partial charge in [-0.15, -0.1) is 0 Å². The highest BCUT2D eigenvalue weighted by Crippen LogP contribution is 2.36. The lowest BCUT2D eigenvalue weighted by Crippen LogP contribution is -2.64. The smallest absolute Gasteiger partial charge is 0.325 e. The van der Waals surface area contributed by atoms with Gasteiger partial charge in [0, 0.05) is 99.1 Å². The Bertz CT molecular complexity index is 2500. The summed E-state index contributed by atoms with van der Waals surface area (Å²) >= 11 is 0. The molecule has 0 aliphatic carbocycles. The van der Waals surface area contributed by atoms with E-state index >= 15 is 0 Å². The molecule has 0 spiro atoms. The molecule has 0 saturated carbocycles. The molecule has 0 aromatic rings. The molecule has 3 aliphatic heterocycles. The monoisotopic (exact) mass is 1460 g/mol. The minimum atomic E-state index is -3.69. The molecule has 0 bridgehead atoms. The summed E-state index contributed by atoms with van der Waals surface area (Å²) in [6.07, 6.45) is -8.03. The number of aliphatic hydroxyl groups excluding tert-OH is 9. The molecule has 3 saturated heterocycles. The van der Waals surface area contributed by atoms with Crippen LogP contribution in [0.3, 0.4) is 0 Å². The van der Waals surface area contributed by atoms with Crippen LogP contribution in [0.1, 0.15) is 162 Å². The van der Waals surface area contributed by atoms with Crippen molar-refractivity contribution in [3.8, 4) is 0 Å². The Morgan fingerprint density at radius 3 is 1.06 bits per heavy atom. The fraction of sp³-hybridized carbons (Fsp3) is 0.857. The average Bonchev–Trinajstić information content (AvgIpc) is 0.829. The fourth-order valence-electron chi connectivity index (χ4n) is 11.2. The topological polar surface area (TPSA) is 546 Å². The average molecular weight is 1460 g/mol. The van der Waals surface area contributed by atoms with Crippen molar-refractivity contribution in [2.45, 2.75) is 266 Å². The molecule has 0 aromatic carbocycles. The van der Waals surface area contributed by atoms with Gasteiger partial charge in [-0.2, -0.15) is 0 Å². The first-order valence-corrected chi connectivity index (χ1v) is 36.8. The molecule has 9 unspecified atom stereocenters. The highest BCUT2D eigenvalue weighted by atomic mass is 31.2. The molecule has 3 fully saturated rings. The third kappa shape index (κ3) is 35.3. The van der Waals surface area contributed by atoms with Crippen molar-refractivity contribution >= 4 is 60.8 Å². The number of rotatable bonds is 51. The molecule has 36 nitrogen and oxygen atoms in total. The number of carbonyl (C=O) groups excluding carboxylic acids is 9. The molecule has 3 aliphatic rings. The molecule has 19 N–H and O–H groups in total. The highest BCUT2D eigenvalue weighted by Gasteiger charge is 2.48.